The summed E-state index contributed by atoms with van der Waals surface area (Å²) in [5, 5.41) is 0. The number of amides is 3. The number of ether oxygens (including phenoxy) is 1. The van der Waals surface area contributed by atoms with E-state index in [0.717, 1.165) is 10.5 Å². The molecule has 0 bridgehead atoms. The number of carbonyl (C=O) groups excluding carboxylic acids is 3. The van der Waals surface area contributed by atoms with Gasteiger partial charge in [0.25, 0.3) is 5.91 Å². The Balaban J connectivity index is 1.48. The highest BCUT2D eigenvalue weighted by atomic mass is 16.6. The Hall–Kier alpha value is -3.93. The quantitative estimate of drug-likeness (QED) is 0.563. The second kappa shape index (κ2) is 9.26. The van der Waals surface area contributed by atoms with Crippen molar-refractivity contribution in [2.24, 2.45) is 0 Å². The molecule has 0 N–H and O–H groups in total. The molecule has 1 fully saturated rings. The molecule has 6 heteroatoms. The summed E-state index contributed by atoms with van der Waals surface area (Å²) in [4.78, 5) is 40.6. The van der Waals surface area contributed by atoms with Gasteiger partial charge in [0, 0.05) is 17.8 Å². The van der Waals surface area contributed by atoms with E-state index in [1.807, 2.05) is 91.0 Å². The molecule has 1 aliphatic rings. The number of carbonyl (C=O) groups is 3. The number of β-lactam (4-membered cyclic amide) rings is 1. The molecule has 31 heavy (non-hydrogen) atoms. The van der Waals surface area contributed by atoms with Crippen molar-refractivity contribution in [3.8, 4) is 0 Å². The summed E-state index contributed by atoms with van der Waals surface area (Å²) in [6, 6.07) is 27.0. The van der Waals surface area contributed by atoms with Crippen molar-refractivity contribution in [2.75, 3.05) is 11.5 Å². The molecular formula is C25H22N2O4. The minimum absolute atomic E-state index is 0.0250. The van der Waals surface area contributed by atoms with Crippen molar-refractivity contribution in [1.29, 1.82) is 0 Å². The summed E-state index contributed by atoms with van der Waals surface area (Å²) >= 11 is 0. The lowest BCUT2D eigenvalue weighted by atomic mass is 10.0. The zero-order chi connectivity index (χ0) is 21.6. The van der Waals surface area contributed by atoms with E-state index in [9.17, 15) is 14.4 Å². The SMILES string of the molecule is O=C(C1CC(=O)N1C(=O)OCCc1ccccc1)N(c1ccccc1)c1ccccc1. The lowest BCUT2D eigenvalue weighted by Gasteiger charge is -2.39. The molecule has 1 aliphatic heterocycles. The number of hydrogen-bond donors (Lipinski definition) is 0. The van der Waals surface area contributed by atoms with E-state index in [1.165, 1.54) is 4.90 Å². The Labute approximate surface area is 180 Å². The van der Waals surface area contributed by atoms with E-state index in [1.54, 1.807) is 0 Å². The monoisotopic (exact) mass is 414 g/mol. The smallest absolute Gasteiger partial charge is 0.417 e. The summed E-state index contributed by atoms with van der Waals surface area (Å²) in [5.41, 5.74) is 2.35. The molecule has 0 radical (unpaired) electrons. The molecule has 1 heterocycles. The molecule has 4 rings (SSSR count). The fourth-order valence-corrected chi connectivity index (χ4v) is 3.52. The topological polar surface area (TPSA) is 66.9 Å². The fourth-order valence-electron chi connectivity index (χ4n) is 3.52. The van der Waals surface area contributed by atoms with E-state index in [4.69, 9.17) is 4.74 Å². The first-order valence-corrected chi connectivity index (χ1v) is 10.1. The number of likely N-dealkylation sites (tertiary alicyclic amines) is 1. The van der Waals surface area contributed by atoms with Crippen LogP contribution in [0.2, 0.25) is 0 Å². The normalized spacial score (nSPS) is 15.2. The van der Waals surface area contributed by atoms with Gasteiger partial charge in [0.05, 0.1) is 13.0 Å². The Morgan fingerprint density at radius 1 is 0.839 bits per heavy atom. The van der Waals surface area contributed by atoms with Crippen LogP contribution in [0.3, 0.4) is 0 Å². The largest absolute Gasteiger partial charge is 0.449 e. The van der Waals surface area contributed by atoms with E-state index < -0.39 is 18.0 Å². The fraction of sp³-hybridized carbons (Fsp3) is 0.160. The minimum atomic E-state index is -0.892. The van der Waals surface area contributed by atoms with Gasteiger partial charge in [0.1, 0.15) is 6.04 Å². The van der Waals surface area contributed by atoms with Crippen LogP contribution >= 0.6 is 0 Å². The molecule has 0 aliphatic carbocycles. The van der Waals surface area contributed by atoms with Gasteiger partial charge in [0.15, 0.2) is 0 Å². The van der Waals surface area contributed by atoms with Gasteiger partial charge in [0.2, 0.25) is 5.91 Å². The average molecular weight is 414 g/mol. The first-order chi connectivity index (χ1) is 15.1. The molecule has 1 unspecified atom stereocenters. The van der Waals surface area contributed by atoms with Gasteiger partial charge in [-0.2, -0.15) is 0 Å². The number of para-hydroxylation sites is 2. The second-order valence-electron chi connectivity index (χ2n) is 7.18. The lowest BCUT2D eigenvalue weighted by Crippen LogP contribution is -2.62. The summed E-state index contributed by atoms with van der Waals surface area (Å²) in [5.74, 6) is -0.763. The molecule has 3 aromatic carbocycles. The Morgan fingerprint density at radius 2 is 1.35 bits per heavy atom. The number of rotatable bonds is 6. The maximum atomic E-state index is 13.4. The molecular weight excluding hydrogens is 392 g/mol. The molecule has 0 aromatic heterocycles. The summed E-state index contributed by atoms with van der Waals surface area (Å²) in [7, 11) is 0. The van der Waals surface area contributed by atoms with Gasteiger partial charge in [-0.15, -0.1) is 0 Å². The van der Waals surface area contributed by atoms with Gasteiger partial charge in [-0.3, -0.25) is 14.5 Å². The van der Waals surface area contributed by atoms with E-state index in [-0.39, 0.29) is 18.9 Å². The van der Waals surface area contributed by atoms with Crippen LogP contribution in [-0.4, -0.2) is 35.5 Å². The summed E-state index contributed by atoms with van der Waals surface area (Å²) in [6.45, 7) is 0.134. The third-order valence-electron chi connectivity index (χ3n) is 5.14. The summed E-state index contributed by atoms with van der Waals surface area (Å²) in [6.07, 6.45) is -0.275. The van der Waals surface area contributed by atoms with Crippen LogP contribution < -0.4 is 4.90 Å². The van der Waals surface area contributed by atoms with Crippen molar-refractivity contribution in [3.63, 3.8) is 0 Å². The second-order valence-corrected chi connectivity index (χ2v) is 7.18. The Bertz CT molecular complexity index is 1020. The van der Waals surface area contributed by atoms with E-state index >= 15 is 0 Å². The Morgan fingerprint density at radius 3 is 1.87 bits per heavy atom. The Kier molecular flexibility index (Phi) is 6.08. The number of anilines is 2. The zero-order valence-corrected chi connectivity index (χ0v) is 16.9. The van der Waals surface area contributed by atoms with Crippen LogP contribution in [0.15, 0.2) is 91.0 Å². The van der Waals surface area contributed by atoms with Crippen LogP contribution in [0.5, 0.6) is 0 Å². The minimum Gasteiger partial charge on any atom is -0.449 e. The predicted octanol–water partition coefficient (Wildman–Crippen LogP) is 4.33. The van der Waals surface area contributed by atoms with Gasteiger partial charge in [-0.05, 0) is 29.8 Å². The van der Waals surface area contributed by atoms with Gasteiger partial charge >= 0.3 is 6.09 Å². The van der Waals surface area contributed by atoms with Crippen molar-refractivity contribution < 1.29 is 19.1 Å². The van der Waals surface area contributed by atoms with Crippen LogP contribution in [0.1, 0.15) is 12.0 Å². The number of nitrogens with zero attached hydrogens (tertiary/aromatic N) is 2. The van der Waals surface area contributed by atoms with E-state index in [0.29, 0.717) is 17.8 Å². The number of benzene rings is 3. The highest BCUT2D eigenvalue weighted by Gasteiger charge is 2.48. The van der Waals surface area contributed by atoms with E-state index in [2.05, 4.69) is 0 Å². The molecule has 156 valence electrons. The third kappa shape index (κ3) is 4.48. The predicted molar refractivity (Wildman–Crippen MR) is 117 cm³/mol. The van der Waals surface area contributed by atoms with Crippen LogP contribution in [-0.2, 0) is 20.7 Å². The van der Waals surface area contributed by atoms with Gasteiger partial charge in [-0.1, -0.05) is 66.7 Å². The van der Waals surface area contributed by atoms with Crippen LogP contribution in [0.4, 0.5) is 16.2 Å². The number of hydrogen-bond acceptors (Lipinski definition) is 4. The molecule has 3 amide bonds. The third-order valence-corrected chi connectivity index (χ3v) is 5.14. The molecule has 1 saturated heterocycles. The number of imide groups is 1. The first kappa shape index (κ1) is 20.3. The van der Waals surface area contributed by atoms with Crippen molar-refractivity contribution >= 4 is 29.3 Å². The molecule has 3 aromatic rings. The first-order valence-electron chi connectivity index (χ1n) is 10.1. The molecule has 1 atom stereocenters. The molecule has 0 spiro atoms. The standard InChI is InChI=1S/C25H22N2O4/c28-23-18-22(27(23)25(30)31-17-16-19-10-4-1-5-11-19)24(29)26(20-12-6-2-7-13-20)21-14-8-3-9-15-21/h1-15,22H,16-18H2. The average Bonchev–Trinajstić information content (AvgIpc) is 2.79. The highest BCUT2D eigenvalue weighted by Crippen LogP contribution is 2.31. The van der Waals surface area contributed by atoms with Gasteiger partial charge < -0.3 is 4.74 Å². The maximum absolute atomic E-state index is 13.4. The maximum Gasteiger partial charge on any atom is 0.417 e. The highest BCUT2D eigenvalue weighted by molar-refractivity contribution is 6.13. The lowest BCUT2D eigenvalue weighted by molar-refractivity contribution is -0.149. The molecule has 6 nitrogen and oxygen atoms in total. The van der Waals surface area contributed by atoms with Crippen LogP contribution in [0.25, 0.3) is 0 Å². The van der Waals surface area contributed by atoms with Crippen molar-refractivity contribution in [1.82, 2.24) is 4.90 Å². The van der Waals surface area contributed by atoms with Gasteiger partial charge in [-0.25, -0.2) is 9.69 Å². The van der Waals surface area contributed by atoms with Crippen molar-refractivity contribution in [3.05, 3.63) is 96.6 Å². The van der Waals surface area contributed by atoms with Crippen molar-refractivity contribution in [2.45, 2.75) is 18.9 Å². The molecule has 0 saturated carbocycles. The zero-order valence-electron chi connectivity index (χ0n) is 16.9. The summed E-state index contributed by atoms with van der Waals surface area (Å²) < 4.78 is 5.29. The van der Waals surface area contributed by atoms with Crippen LogP contribution in [0, 0.1) is 0 Å².